The third-order valence-electron chi connectivity index (χ3n) is 2.49. The van der Waals surface area contributed by atoms with Crippen LogP contribution in [0.3, 0.4) is 0 Å². The molecule has 0 spiro atoms. The summed E-state index contributed by atoms with van der Waals surface area (Å²) < 4.78 is 0. The van der Waals surface area contributed by atoms with Crippen molar-refractivity contribution in [3.8, 4) is 0 Å². The van der Waals surface area contributed by atoms with Crippen molar-refractivity contribution in [2.75, 3.05) is 5.75 Å². The van der Waals surface area contributed by atoms with E-state index in [9.17, 15) is 4.79 Å². The fourth-order valence-electron chi connectivity index (χ4n) is 1.46. The minimum atomic E-state index is 0.0158. The monoisotopic (exact) mass is 240 g/mol. The molecule has 1 aromatic heterocycles. The number of nitrogens with one attached hydrogen (secondary N) is 1. The second-order valence-corrected chi connectivity index (χ2v) is 5.40. The summed E-state index contributed by atoms with van der Waals surface area (Å²) in [6.07, 6.45) is 1.88. The predicted molar refractivity (Wildman–Crippen MR) is 69.2 cm³/mol. The summed E-state index contributed by atoms with van der Waals surface area (Å²) in [5.74, 6) is 1.70. The number of thioether (sulfide) groups is 1. The van der Waals surface area contributed by atoms with Crippen LogP contribution in [-0.2, 0) is 6.42 Å². The van der Waals surface area contributed by atoms with E-state index in [-0.39, 0.29) is 5.56 Å². The SMILES string of the molecule is CCc1c(C)nc(SCCC(C)C)[nH]c1=O. The van der Waals surface area contributed by atoms with Gasteiger partial charge in [0.2, 0.25) is 0 Å². The molecule has 1 rings (SSSR count). The molecule has 4 heteroatoms. The van der Waals surface area contributed by atoms with Crippen LogP contribution >= 0.6 is 11.8 Å². The first-order valence-electron chi connectivity index (χ1n) is 5.77. The summed E-state index contributed by atoms with van der Waals surface area (Å²) in [5.41, 5.74) is 1.67. The summed E-state index contributed by atoms with van der Waals surface area (Å²) in [7, 11) is 0. The molecule has 0 bridgehead atoms. The van der Waals surface area contributed by atoms with E-state index < -0.39 is 0 Å². The zero-order chi connectivity index (χ0) is 12.1. The summed E-state index contributed by atoms with van der Waals surface area (Å²) in [6, 6.07) is 0. The van der Waals surface area contributed by atoms with Gasteiger partial charge in [-0.3, -0.25) is 4.79 Å². The van der Waals surface area contributed by atoms with Crippen LogP contribution in [0.25, 0.3) is 0 Å². The Morgan fingerprint density at radius 3 is 2.62 bits per heavy atom. The summed E-state index contributed by atoms with van der Waals surface area (Å²) >= 11 is 1.63. The molecule has 0 radical (unpaired) electrons. The Balaban J connectivity index is 2.72. The number of nitrogens with zero attached hydrogens (tertiary/aromatic N) is 1. The molecule has 90 valence electrons. The fourth-order valence-corrected chi connectivity index (χ4v) is 2.61. The van der Waals surface area contributed by atoms with E-state index >= 15 is 0 Å². The highest BCUT2D eigenvalue weighted by atomic mass is 32.2. The van der Waals surface area contributed by atoms with Crippen LogP contribution in [0.5, 0.6) is 0 Å². The van der Waals surface area contributed by atoms with Crippen molar-refractivity contribution in [2.45, 2.75) is 45.7 Å². The maximum absolute atomic E-state index is 11.7. The molecule has 0 unspecified atom stereocenters. The molecule has 0 saturated carbocycles. The van der Waals surface area contributed by atoms with Crippen LogP contribution < -0.4 is 5.56 Å². The van der Waals surface area contributed by atoms with E-state index in [4.69, 9.17) is 0 Å². The number of hydrogen-bond acceptors (Lipinski definition) is 3. The van der Waals surface area contributed by atoms with Gasteiger partial charge in [-0.25, -0.2) is 4.98 Å². The Morgan fingerprint density at radius 2 is 2.12 bits per heavy atom. The Hall–Kier alpha value is -0.770. The third kappa shape index (κ3) is 3.67. The molecule has 3 nitrogen and oxygen atoms in total. The second kappa shape index (κ2) is 6.09. The van der Waals surface area contributed by atoms with Crippen LogP contribution in [0.4, 0.5) is 0 Å². The first-order chi connectivity index (χ1) is 7.54. The maximum atomic E-state index is 11.7. The largest absolute Gasteiger partial charge is 0.301 e. The average Bonchev–Trinajstić information content (AvgIpc) is 2.16. The van der Waals surface area contributed by atoms with Crippen LogP contribution in [0.1, 0.15) is 38.4 Å². The number of aromatic amines is 1. The van der Waals surface area contributed by atoms with Crippen molar-refractivity contribution < 1.29 is 0 Å². The van der Waals surface area contributed by atoms with E-state index in [1.165, 1.54) is 0 Å². The standard InChI is InChI=1S/C12H20N2OS/c1-5-10-9(4)13-12(14-11(10)15)16-7-6-8(2)3/h8H,5-7H2,1-4H3,(H,13,14,15). The topological polar surface area (TPSA) is 45.8 Å². The van der Waals surface area contributed by atoms with E-state index in [1.54, 1.807) is 11.8 Å². The zero-order valence-corrected chi connectivity index (χ0v) is 11.3. The van der Waals surface area contributed by atoms with Crippen molar-refractivity contribution in [3.05, 3.63) is 21.6 Å². The van der Waals surface area contributed by atoms with Gasteiger partial charge in [-0.2, -0.15) is 0 Å². The third-order valence-corrected chi connectivity index (χ3v) is 3.39. The van der Waals surface area contributed by atoms with Crippen LogP contribution in [-0.4, -0.2) is 15.7 Å². The van der Waals surface area contributed by atoms with Gasteiger partial charge in [-0.1, -0.05) is 32.5 Å². The molecule has 0 amide bonds. The fraction of sp³-hybridized carbons (Fsp3) is 0.667. The van der Waals surface area contributed by atoms with Gasteiger partial charge in [-0.05, 0) is 25.7 Å². The van der Waals surface area contributed by atoms with E-state index in [0.29, 0.717) is 5.92 Å². The lowest BCUT2D eigenvalue weighted by Gasteiger charge is -2.06. The van der Waals surface area contributed by atoms with Crippen molar-refractivity contribution in [1.82, 2.24) is 9.97 Å². The van der Waals surface area contributed by atoms with Gasteiger partial charge in [0.05, 0.1) is 0 Å². The molecule has 1 N–H and O–H groups in total. The molecule has 0 saturated heterocycles. The minimum absolute atomic E-state index is 0.0158. The van der Waals surface area contributed by atoms with E-state index in [2.05, 4.69) is 23.8 Å². The Bertz CT molecular complexity index is 398. The lowest BCUT2D eigenvalue weighted by molar-refractivity contribution is 0.631. The molecular weight excluding hydrogens is 220 g/mol. The molecule has 16 heavy (non-hydrogen) atoms. The number of rotatable bonds is 5. The van der Waals surface area contributed by atoms with Gasteiger partial charge in [-0.15, -0.1) is 0 Å². The van der Waals surface area contributed by atoms with Crippen molar-refractivity contribution in [1.29, 1.82) is 0 Å². The molecule has 1 heterocycles. The first kappa shape index (κ1) is 13.3. The second-order valence-electron chi connectivity index (χ2n) is 4.32. The number of aryl methyl sites for hydroxylation is 1. The van der Waals surface area contributed by atoms with Gasteiger partial charge in [0.15, 0.2) is 5.16 Å². The highest BCUT2D eigenvalue weighted by molar-refractivity contribution is 7.99. The Labute approximate surface area is 101 Å². The summed E-state index contributed by atoms with van der Waals surface area (Å²) in [6.45, 7) is 8.27. The van der Waals surface area contributed by atoms with E-state index in [0.717, 1.165) is 35.0 Å². The lowest BCUT2D eigenvalue weighted by Crippen LogP contribution is -2.16. The van der Waals surface area contributed by atoms with Crippen molar-refractivity contribution in [2.24, 2.45) is 5.92 Å². The van der Waals surface area contributed by atoms with Gasteiger partial charge in [0.25, 0.3) is 5.56 Å². The Kier molecular flexibility index (Phi) is 5.06. The highest BCUT2D eigenvalue weighted by Crippen LogP contribution is 2.16. The molecule has 0 aliphatic rings. The van der Waals surface area contributed by atoms with Crippen molar-refractivity contribution in [3.63, 3.8) is 0 Å². The number of H-pyrrole nitrogens is 1. The molecule has 0 fully saturated rings. The quantitative estimate of drug-likeness (QED) is 0.636. The minimum Gasteiger partial charge on any atom is -0.301 e. The predicted octanol–water partition coefficient (Wildman–Crippen LogP) is 2.78. The number of aromatic nitrogens is 2. The van der Waals surface area contributed by atoms with Crippen LogP contribution in [0, 0.1) is 12.8 Å². The molecule has 0 atom stereocenters. The number of hydrogen-bond donors (Lipinski definition) is 1. The van der Waals surface area contributed by atoms with Gasteiger partial charge >= 0.3 is 0 Å². The lowest BCUT2D eigenvalue weighted by atomic mass is 10.2. The van der Waals surface area contributed by atoms with Gasteiger partial charge < -0.3 is 4.98 Å². The maximum Gasteiger partial charge on any atom is 0.254 e. The molecule has 0 aliphatic heterocycles. The first-order valence-corrected chi connectivity index (χ1v) is 6.75. The van der Waals surface area contributed by atoms with Crippen molar-refractivity contribution >= 4 is 11.8 Å². The van der Waals surface area contributed by atoms with Gasteiger partial charge in [0.1, 0.15) is 0 Å². The van der Waals surface area contributed by atoms with E-state index in [1.807, 2.05) is 13.8 Å². The molecule has 0 aliphatic carbocycles. The molecule has 0 aromatic carbocycles. The summed E-state index contributed by atoms with van der Waals surface area (Å²) in [5, 5.41) is 0.750. The van der Waals surface area contributed by atoms with Crippen LogP contribution in [0.15, 0.2) is 9.95 Å². The van der Waals surface area contributed by atoms with Crippen LogP contribution in [0.2, 0.25) is 0 Å². The zero-order valence-electron chi connectivity index (χ0n) is 10.5. The average molecular weight is 240 g/mol. The normalized spacial score (nSPS) is 11.1. The molecular formula is C12H20N2OS. The molecule has 1 aromatic rings. The van der Waals surface area contributed by atoms with Gasteiger partial charge in [0, 0.05) is 17.0 Å². The summed E-state index contributed by atoms with van der Waals surface area (Å²) in [4.78, 5) is 18.9. The highest BCUT2D eigenvalue weighted by Gasteiger charge is 2.06. The Morgan fingerprint density at radius 1 is 1.44 bits per heavy atom. The smallest absolute Gasteiger partial charge is 0.254 e.